The van der Waals surface area contributed by atoms with Crippen LogP contribution in [0, 0.1) is 12.8 Å². The van der Waals surface area contributed by atoms with Gasteiger partial charge in [-0.1, -0.05) is 84.8 Å². The second-order valence-corrected chi connectivity index (χ2v) is 13.0. The van der Waals surface area contributed by atoms with E-state index < -0.39 is 24.0 Å². The Labute approximate surface area is 203 Å². The zero-order chi connectivity index (χ0) is 24.1. The SMILES string of the molecule is Cc1ccc(S(=O)(=O)NC(=O)N[C@H](C)[C@@H]2CCCC2P(c2ccccc2)c2ccccc2)cc1. The molecule has 3 aromatic carbocycles. The first-order chi connectivity index (χ1) is 16.3. The fourth-order valence-electron chi connectivity index (χ4n) is 4.82. The number of aryl methyl sites for hydroxylation is 1. The number of amides is 2. The fraction of sp³-hybridized carbons (Fsp3) is 0.296. The van der Waals surface area contributed by atoms with Gasteiger partial charge in [0.25, 0.3) is 10.0 Å². The molecule has 0 spiro atoms. The lowest BCUT2D eigenvalue weighted by Crippen LogP contribution is -2.47. The van der Waals surface area contributed by atoms with Crippen molar-refractivity contribution in [2.45, 2.75) is 49.7 Å². The molecule has 2 N–H and O–H groups in total. The number of sulfonamides is 1. The molecule has 3 atom stereocenters. The van der Waals surface area contributed by atoms with E-state index in [4.69, 9.17) is 0 Å². The Morgan fingerprint density at radius 2 is 1.44 bits per heavy atom. The minimum absolute atomic E-state index is 0.0799. The molecule has 34 heavy (non-hydrogen) atoms. The quantitative estimate of drug-likeness (QED) is 0.469. The van der Waals surface area contributed by atoms with Crippen LogP contribution in [-0.4, -0.2) is 26.1 Å². The minimum atomic E-state index is -3.92. The van der Waals surface area contributed by atoms with Crippen molar-refractivity contribution in [3.63, 3.8) is 0 Å². The fourth-order valence-corrected chi connectivity index (χ4v) is 9.02. The number of hydrogen-bond acceptors (Lipinski definition) is 3. The zero-order valence-corrected chi connectivity index (χ0v) is 21.2. The number of carbonyl (C=O) groups is 1. The van der Waals surface area contributed by atoms with Crippen LogP contribution in [0.2, 0.25) is 0 Å². The van der Waals surface area contributed by atoms with E-state index in [1.165, 1.54) is 22.7 Å². The van der Waals surface area contributed by atoms with Crippen LogP contribution >= 0.6 is 7.92 Å². The highest BCUT2D eigenvalue weighted by Gasteiger charge is 2.38. The van der Waals surface area contributed by atoms with E-state index in [0.717, 1.165) is 24.8 Å². The average Bonchev–Trinajstić information content (AvgIpc) is 3.30. The van der Waals surface area contributed by atoms with Crippen molar-refractivity contribution in [3.8, 4) is 0 Å². The highest BCUT2D eigenvalue weighted by molar-refractivity contribution is 7.90. The van der Waals surface area contributed by atoms with Crippen LogP contribution in [0.1, 0.15) is 31.7 Å². The maximum Gasteiger partial charge on any atom is 0.328 e. The number of carbonyl (C=O) groups excluding carboxylic acids is 1. The van der Waals surface area contributed by atoms with Gasteiger partial charge >= 0.3 is 6.03 Å². The molecule has 2 amide bonds. The molecule has 0 bridgehead atoms. The third kappa shape index (κ3) is 5.68. The summed E-state index contributed by atoms with van der Waals surface area (Å²) in [6.07, 6.45) is 3.20. The average molecular weight is 495 g/mol. The van der Waals surface area contributed by atoms with E-state index in [1.54, 1.807) is 12.1 Å². The Morgan fingerprint density at radius 1 is 0.882 bits per heavy atom. The molecule has 4 rings (SSSR count). The van der Waals surface area contributed by atoms with Crippen molar-refractivity contribution in [1.29, 1.82) is 0 Å². The lowest BCUT2D eigenvalue weighted by molar-refractivity contribution is 0.238. The standard InChI is InChI=1S/C27H31N2O3PS/c1-20-16-18-24(19-17-20)34(31,32)29-27(30)28-21(2)25-14-9-15-26(25)33(22-10-5-3-6-11-22)23-12-7-4-8-13-23/h3-8,10-13,16-19,21,25-26H,9,14-15H2,1-2H3,(H2,28,29,30)/t21-,25+,26?/m1/s1. The molecule has 0 radical (unpaired) electrons. The van der Waals surface area contributed by atoms with Crippen molar-refractivity contribution >= 4 is 34.6 Å². The highest BCUT2D eigenvalue weighted by Crippen LogP contribution is 2.50. The molecule has 7 heteroatoms. The van der Waals surface area contributed by atoms with E-state index in [9.17, 15) is 13.2 Å². The third-order valence-corrected chi connectivity index (χ3v) is 10.9. The van der Waals surface area contributed by atoms with Crippen molar-refractivity contribution in [2.24, 2.45) is 5.92 Å². The maximum atomic E-state index is 12.7. The van der Waals surface area contributed by atoms with Gasteiger partial charge < -0.3 is 5.32 Å². The minimum Gasteiger partial charge on any atom is -0.335 e. The number of benzene rings is 3. The second kappa shape index (κ2) is 10.7. The summed E-state index contributed by atoms with van der Waals surface area (Å²) in [4.78, 5) is 12.8. The van der Waals surface area contributed by atoms with Gasteiger partial charge in [0.15, 0.2) is 0 Å². The smallest absolute Gasteiger partial charge is 0.328 e. The molecule has 0 saturated heterocycles. The largest absolute Gasteiger partial charge is 0.335 e. The number of rotatable bonds is 7. The molecule has 178 valence electrons. The van der Waals surface area contributed by atoms with Crippen molar-refractivity contribution < 1.29 is 13.2 Å². The van der Waals surface area contributed by atoms with E-state index >= 15 is 0 Å². The number of nitrogens with one attached hydrogen (secondary N) is 2. The Hall–Kier alpha value is -2.69. The van der Waals surface area contributed by atoms with Crippen molar-refractivity contribution in [1.82, 2.24) is 10.0 Å². The maximum absolute atomic E-state index is 12.7. The van der Waals surface area contributed by atoms with Crippen LogP contribution < -0.4 is 20.6 Å². The summed E-state index contributed by atoms with van der Waals surface area (Å²) in [7, 11) is -4.52. The molecule has 1 aliphatic carbocycles. The molecular weight excluding hydrogens is 463 g/mol. The predicted molar refractivity (Wildman–Crippen MR) is 140 cm³/mol. The van der Waals surface area contributed by atoms with Crippen LogP contribution in [0.3, 0.4) is 0 Å². The molecule has 0 aromatic heterocycles. The summed E-state index contributed by atoms with van der Waals surface area (Å²) < 4.78 is 27.4. The molecule has 0 heterocycles. The topological polar surface area (TPSA) is 75.3 Å². The molecule has 1 saturated carbocycles. The van der Waals surface area contributed by atoms with Crippen LogP contribution in [-0.2, 0) is 10.0 Å². The summed E-state index contributed by atoms with van der Waals surface area (Å²) in [5.74, 6) is 0.263. The lowest BCUT2D eigenvalue weighted by atomic mass is 9.99. The molecular formula is C27H31N2O3PS. The van der Waals surface area contributed by atoms with Crippen LogP contribution in [0.25, 0.3) is 0 Å². The van der Waals surface area contributed by atoms with Crippen molar-refractivity contribution in [2.75, 3.05) is 0 Å². The predicted octanol–water partition coefficient (Wildman–Crippen LogP) is 4.67. The molecule has 0 aliphatic heterocycles. The zero-order valence-electron chi connectivity index (χ0n) is 19.5. The summed E-state index contributed by atoms with van der Waals surface area (Å²) in [6, 6.07) is 26.8. The Morgan fingerprint density at radius 3 is 2.00 bits per heavy atom. The van der Waals surface area contributed by atoms with Gasteiger partial charge in [-0.2, -0.15) is 0 Å². The van der Waals surface area contributed by atoms with Gasteiger partial charge in [-0.25, -0.2) is 17.9 Å². The van der Waals surface area contributed by atoms with Crippen LogP contribution in [0.4, 0.5) is 4.79 Å². The van der Waals surface area contributed by atoms with Gasteiger partial charge in [-0.05, 0) is 68.9 Å². The van der Waals surface area contributed by atoms with Gasteiger partial charge in [0, 0.05) is 6.04 Å². The van der Waals surface area contributed by atoms with E-state index in [1.807, 2.05) is 26.0 Å². The van der Waals surface area contributed by atoms with Gasteiger partial charge in [-0.15, -0.1) is 0 Å². The first kappa shape index (κ1) is 24.4. The van der Waals surface area contributed by atoms with Gasteiger partial charge in [0.1, 0.15) is 0 Å². The molecule has 1 aliphatic rings. The number of urea groups is 1. The van der Waals surface area contributed by atoms with Gasteiger partial charge in [0.05, 0.1) is 4.90 Å². The molecule has 3 aromatic rings. The van der Waals surface area contributed by atoms with Gasteiger partial charge in [0.2, 0.25) is 0 Å². The Bertz CT molecular complexity index is 1160. The Kier molecular flexibility index (Phi) is 7.70. The van der Waals surface area contributed by atoms with E-state index in [0.29, 0.717) is 5.66 Å². The molecule has 1 fully saturated rings. The normalized spacial score (nSPS) is 19.0. The monoisotopic (exact) mass is 494 g/mol. The van der Waals surface area contributed by atoms with Crippen LogP contribution in [0.15, 0.2) is 89.8 Å². The van der Waals surface area contributed by atoms with Crippen LogP contribution in [0.5, 0.6) is 0 Å². The van der Waals surface area contributed by atoms with E-state index in [2.05, 4.69) is 58.6 Å². The lowest BCUT2D eigenvalue weighted by Gasteiger charge is -2.33. The Balaban J connectivity index is 1.50. The summed E-state index contributed by atoms with van der Waals surface area (Å²) >= 11 is 0. The molecule has 1 unspecified atom stereocenters. The summed E-state index contributed by atoms with van der Waals surface area (Å²) in [5, 5.41) is 5.59. The summed E-state index contributed by atoms with van der Waals surface area (Å²) in [5.41, 5.74) is 1.36. The van der Waals surface area contributed by atoms with Gasteiger partial charge in [-0.3, -0.25) is 0 Å². The third-order valence-electron chi connectivity index (χ3n) is 6.49. The molecule has 5 nitrogen and oxygen atoms in total. The first-order valence-electron chi connectivity index (χ1n) is 11.6. The number of hydrogen-bond donors (Lipinski definition) is 2. The van der Waals surface area contributed by atoms with E-state index in [-0.39, 0.29) is 16.9 Å². The second-order valence-electron chi connectivity index (χ2n) is 8.88. The highest BCUT2D eigenvalue weighted by atomic mass is 32.2. The first-order valence-corrected chi connectivity index (χ1v) is 14.5. The summed E-state index contributed by atoms with van der Waals surface area (Å²) in [6.45, 7) is 3.88. The van der Waals surface area contributed by atoms with Crippen molar-refractivity contribution in [3.05, 3.63) is 90.5 Å².